The lowest BCUT2D eigenvalue weighted by Gasteiger charge is -2.25. The number of likely N-dealkylation sites (N-methyl/N-ethyl adjacent to an activating group) is 1. The second-order valence-electron chi connectivity index (χ2n) is 4.52. The van der Waals surface area contributed by atoms with Crippen molar-refractivity contribution in [3.8, 4) is 0 Å². The number of benzene rings is 1. The largest absolute Gasteiger partial charge is 0.396 e. The first-order valence-corrected chi connectivity index (χ1v) is 7.01. The molecule has 0 saturated carbocycles. The number of nitrogens with zero attached hydrogens (tertiary/aromatic N) is 1. The molecule has 1 aromatic carbocycles. The lowest BCUT2D eigenvalue weighted by Crippen LogP contribution is -2.34. The molecule has 0 saturated heterocycles. The summed E-state index contributed by atoms with van der Waals surface area (Å²) in [6.45, 7) is 0.994. The van der Waals surface area contributed by atoms with Crippen LogP contribution in [0.2, 0.25) is 0 Å². The maximum atomic E-state index is 9.32. The molecule has 0 fully saturated rings. The number of thiophene rings is 1. The zero-order valence-corrected chi connectivity index (χ0v) is 11.4. The molecule has 0 amide bonds. The van der Waals surface area contributed by atoms with Crippen LogP contribution in [0.1, 0.15) is 12.0 Å². The molecule has 0 aliphatic heterocycles. The van der Waals surface area contributed by atoms with Crippen LogP contribution in [-0.4, -0.2) is 41.4 Å². The maximum Gasteiger partial charge on any atom is 0.0587 e. The third-order valence-electron chi connectivity index (χ3n) is 3.28. The fourth-order valence-corrected chi connectivity index (χ4v) is 3.11. The molecule has 0 aliphatic carbocycles. The second-order valence-corrected chi connectivity index (χ2v) is 5.43. The highest BCUT2D eigenvalue weighted by molar-refractivity contribution is 7.17. The van der Waals surface area contributed by atoms with E-state index < -0.39 is 0 Å². The van der Waals surface area contributed by atoms with Gasteiger partial charge in [-0.3, -0.25) is 4.90 Å². The van der Waals surface area contributed by atoms with Crippen LogP contribution in [0.15, 0.2) is 29.6 Å². The minimum Gasteiger partial charge on any atom is -0.396 e. The van der Waals surface area contributed by atoms with Gasteiger partial charge in [0.05, 0.1) is 6.61 Å². The molecule has 2 N–H and O–H groups in total. The Morgan fingerprint density at radius 1 is 1.28 bits per heavy atom. The summed E-state index contributed by atoms with van der Waals surface area (Å²) < 4.78 is 1.30. The molecule has 4 heteroatoms. The van der Waals surface area contributed by atoms with Gasteiger partial charge in [-0.1, -0.05) is 18.2 Å². The van der Waals surface area contributed by atoms with Crippen molar-refractivity contribution in [1.29, 1.82) is 0 Å². The molecule has 0 aliphatic rings. The summed E-state index contributed by atoms with van der Waals surface area (Å²) in [4.78, 5) is 2.10. The third-order valence-corrected chi connectivity index (χ3v) is 4.29. The van der Waals surface area contributed by atoms with E-state index in [0.717, 1.165) is 6.54 Å². The zero-order chi connectivity index (χ0) is 13.0. The molecular formula is C14H19NO2S. The predicted octanol–water partition coefficient (Wildman–Crippen LogP) is 2.08. The first kappa shape index (κ1) is 13.5. The van der Waals surface area contributed by atoms with Crippen molar-refractivity contribution in [2.75, 3.05) is 20.3 Å². The standard InChI is InChI=1S/C14H19NO2S/c1-15(12(9-17)6-7-16)8-11-10-18-14-5-3-2-4-13(11)14/h2-5,10,12,16-17H,6-9H2,1H3. The predicted molar refractivity (Wildman–Crippen MR) is 75.9 cm³/mol. The van der Waals surface area contributed by atoms with Gasteiger partial charge in [0.2, 0.25) is 0 Å². The zero-order valence-electron chi connectivity index (χ0n) is 10.5. The average molecular weight is 265 g/mol. The van der Waals surface area contributed by atoms with Gasteiger partial charge in [0.25, 0.3) is 0 Å². The van der Waals surface area contributed by atoms with E-state index in [0.29, 0.717) is 6.42 Å². The second kappa shape index (κ2) is 6.29. The van der Waals surface area contributed by atoms with Gasteiger partial charge in [-0.2, -0.15) is 0 Å². The molecule has 98 valence electrons. The van der Waals surface area contributed by atoms with E-state index in [1.54, 1.807) is 11.3 Å². The Labute approximate surface area is 111 Å². The summed E-state index contributed by atoms with van der Waals surface area (Å²) in [7, 11) is 1.99. The molecule has 1 aromatic heterocycles. The Balaban J connectivity index is 2.13. The third kappa shape index (κ3) is 2.90. The average Bonchev–Trinajstić information content (AvgIpc) is 2.79. The SMILES string of the molecule is CN(Cc1csc2ccccc12)C(CO)CCO. The Morgan fingerprint density at radius 2 is 2.06 bits per heavy atom. The van der Waals surface area contributed by atoms with E-state index in [-0.39, 0.29) is 19.3 Å². The molecule has 3 nitrogen and oxygen atoms in total. The van der Waals surface area contributed by atoms with Crippen LogP contribution in [0, 0.1) is 0 Å². The molecule has 2 rings (SSSR count). The number of aliphatic hydroxyl groups excluding tert-OH is 2. The van der Waals surface area contributed by atoms with Crippen molar-refractivity contribution in [3.05, 3.63) is 35.2 Å². The molecular weight excluding hydrogens is 246 g/mol. The fourth-order valence-electron chi connectivity index (χ4n) is 2.15. The van der Waals surface area contributed by atoms with Crippen LogP contribution >= 0.6 is 11.3 Å². The van der Waals surface area contributed by atoms with Crippen molar-refractivity contribution in [2.45, 2.75) is 19.0 Å². The van der Waals surface area contributed by atoms with Crippen LogP contribution < -0.4 is 0 Å². The molecule has 0 bridgehead atoms. The Hall–Kier alpha value is -0.940. The lowest BCUT2D eigenvalue weighted by molar-refractivity contribution is 0.115. The van der Waals surface area contributed by atoms with Crippen molar-refractivity contribution < 1.29 is 10.2 Å². The number of rotatable bonds is 6. The van der Waals surface area contributed by atoms with Crippen molar-refractivity contribution in [3.63, 3.8) is 0 Å². The van der Waals surface area contributed by atoms with E-state index in [4.69, 9.17) is 5.11 Å². The minimum absolute atomic E-state index is 0.0219. The highest BCUT2D eigenvalue weighted by atomic mass is 32.1. The Bertz CT molecular complexity index is 497. The number of aliphatic hydroxyl groups is 2. The van der Waals surface area contributed by atoms with Crippen LogP contribution in [0.25, 0.3) is 10.1 Å². The molecule has 0 spiro atoms. The van der Waals surface area contributed by atoms with Gasteiger partial charge in [0.1, 0.15) is 0 Å². The van der Waals surface area contributed by atoms with Crippen molar-refractivity contribution in [1.82, 2.24) is 4.90 Å². The summed E-state index contributed by atoms with van der Waals surface area (Å²) in [6.07, 6.45) is 0.606. The van der Waals surface area contributed by atoms with E-state index in [2.05, 4.69) is 34.5 Å². The summed E-state index contributed by atoms with van der Waals surface area (Å²) in [5.74, 6) is 0. The van der Waals surface area contributed by atoms with Crippen LogP contribution in [0.3, 0.4) is 0 Å². The molecule has 2 aromatic rings. The smallest absolute Gasteiger partial charge is 0.0587 e. The van der Waals surface area contributed by atoms with Gasteiger partial charge in [0.15, 0.2) is 0 Å². The van der Waals surface area contributed by atoms with Gasteiger partial charge in [-0.25, -0.2) is 0 Å². The van der Waals surface area contributed by atoms with Crippen LogP contribution in [0.4, 0.5) is 0 Å². The Kier molecular flexibility index (Phi) is 4.72. The molecule has 1 atom stereocenters. The van der Waals surface area contributed by atoms with Gasteiger partial charge in [0, 0.05) is 23.9 Å². The van der Waals surface area contributed by atoms with E-state index in [1.807, 2.05) is 7.05 Å². The summed E-state index contributed by atoms with van der Waals surface area (Å²) >= 11 is 1.75. The maximum absolute atomic E-state index is 9.32. The fraction of sp³-hybridized carbons (Fsp3) is 0.429. The number of hydrogen-bond acceptors (Lipinski definition) is 4. The highest BCUT2D eigenvalue weighted by Crippen LogP contribution is 2.26. The van der Waals surface area contributed by atoms with E-state index in [1.165, 1.54) is 15.6 Å². The molecule has 1 unspecified atom stereocenters. The summed E-state index contributed by atoms with van der Waals surface area (Å²) in [5.41, 5.74) is 1.29. The Morgan fingerprint density at radius 3 is 2.78 bits per heavy atom. The first-order valence-electron chi connectivity index (χ1n) is 6.13. The van der Waals surface area contributed by atoms with Crippen LogP contribution in [-0.2, 0) is 6.54 Å². The normalized spacial score (nSPS) is 13.3. The lowest BCUT2D eigenvalue weighted by atomic mass is 10.1. The van der Waals surface area contributed by atoms with E-state index in [9.17, 15) is 5.11 Å². The number of hydrogen-bond donors (Lipinski definition) is 2. The topological polar surface area (TPSA) is 43.7 Å². The molecule has 1 heterocycles. The first-order chi connectivity index (χ1) is 8.76. The van der Waals surface area contributed by atoms with Gasteiger partial charge >= 0.3 is 0 Å². The minimum atomic E-state index is 0.0219. The monoisotopic (exact) mass is 265 g/mol. The summed E-state index contributed by atoms with van der Waals surface area (Å²) in [5, 5.41) is 21.8. The van der Waals surface area contributed by atoms with Gasteiger partial charge in [-0.05, 0) is 35.9 Å². The van der Waals surface area contributed by atoms with Gasteiger partial charge < -0.3 is 10.2 Å². The van der Waals surface area contributed by atoms with Crippen molar-refractivity contribution >= 4 is 21.4 Å². The molecule has 0 radical (unpaired) electrons. The molecule has 18 heavy (non-hydrogen) atoms. The van der Waals surface area contributed by atoms with Crippen molar-refractivity contribution in [2.24, 2.45) is 0 Å². The van der Waals surface area contributed by atoms with E-state index >= 15 is 0 Å². The summed E-state index contributed by atoms with van der Waals surface area (Å²) in [6, 6.07) is 8.38. The van der Waals surface area contributed by atoms with Gasteiger partial charge in [-0.15, -0.1) is 11.3 Å². The highest BCUT2D eigenvalue weighted by Gasteiger charge is 2.15. The van der Waals surface area contributed by atoms with Crippen LogP contribution in [0.5, 0.6) is 0 Å². The quantitative estimate of drug-likeness (QED) is 0.840. The number of fused-ring (bicyclic) bond motifs is 1.